The molecule has 0 unspecified atom stereocenters. The first kappa shape index (κ1) is 10.4. The quantitative estimate of drug-likeness (QED) is 0.633. The summed E-state index contributed by atoms with van der Waals surface area (Å²) in [6.07, 6.45) is -0.131. The maximum Gasteiger partial charge on any atom is 0.261 e. The van der Waals surface area contributed by atoms with Crippen molar-refractivity contribution in [2.75, 3.05) is 33.7 Å². The molecule has 1 aliphatic heterocycles. The third-order valence-corrected chi connectivity index (χ3v) is 2.11. The van der Waals surface area contributed by atoms with Gasteiger partial charge in [0, 0.05) is 27.1 Å². The van der Waals surface area contributed by atoms with Gasteiger partial charge < -0.3 is 4.90 Å². The van der Waals surface area contributed by atoms with Gasteiger partial charge in [-0.1, -0.05) is 0 Å². The molecule has 0 aromatic heterocycles. The van der Waals surface area contributed by atoms with Crippen LogP contribution in [0.15, 0.2) is 0 Å². The van der Waals surface area contributed by atoms with Gasteiger partial charge in [-0.05, 0) is 0 Å². The van der Waals surface area contributed by atoms with Crippen molar-refractivity contribution >= 4 is 5.91 Å². The minimum atomic E-state index is -2.60. The molecule has 0 radical (unpaired) electrons. The van der Waals surface area contributed by atoms with Crippen molar-refractivity contribution in [1.29, 1.82) is 0 Å². The average Bonchev–Trinajstić information content (AvgIpc) is 2.30. The summed E-state index contributed by atoms with van der Waals surface area (Å²) in [4.78, 5) is 14.1. The van der Waals surface area contributed by atoms with Crippen molar-refractivity contribution < 1.29 is 13.6 Å². The fraction of sp³-hybridized carbons (Fsp3) is 0.875. The van der Waals surface area contributed by atoms with E-state index >= 15 is 0 Å². The maximum absolute atomic E-state index is 12.7. The Morgan fingerprint density at radius 2 is 2.15 bits per heavy atom. The zero-order chi connectivity index (χ0) is 10.1. The van der Waals surface area contributed by atoms with Crippen LogP contribution in [0.1, 0.15) is 6.42 Å². The van der Waals surface area contributed by atoms with Gasteiger partial charge >= 0.3 is 0 Å². The lowest BCUT2D eigenvalue weighted by Crippen LogP contribution is -2.36. The van der Waals surface area contributed by atoms with E-state index in [1.165, 1.54) is 9.80 Å². The number of likely N-dealkylation sites (N-methyl/N-ethyl adjacent to an activating group) is 1. The normalized spacial score (nSPS) is 21.8. The number of halogens is 2. The molecule has 0 bridgehead atoms. The Bertz CT molecular complexity index is 206. The number of nitrogens with zero attached hydrogens (tertiary/aromatic N) is 2. The predicted octanol–water partition coefficient (Wildman–Crippen LogP) is 0.416. The van der Waals surface area contributed by atoms with Gasteiger partial charge in [0.2, 0.25) is 5.91 Å². The van der Waals surface area contributed by atoms with Crippen LogP contribution in [-0.2, 0) is 4.79 Å². The van der Waals surface area contributed by atoms with Crippen LogP contribution >= 0.6 is 0 Å². The number of likely N-dealkylation sites (tertiary alicyclic amines) is 1. The van der Waals surface area contributed by atoms with Gasteiger partial charge in [0.15, 0.2) is 0 Å². The summed E-state index contributed by atoms with van der Waals surface area (Å²) < 4.78 is 25.4. The summed E-state index contributed by atoms with van der Waals surface area (Å²) in [6, 6.07) is 0. The number of alkyl halides is 2. The highest BCUT2D eigenvalue weighted by molar-refractivity contribution is 5.77. The molecule has 0 saturated carbocycles. The third-order valence-electron chi connectivity index (χ3n) is 2.11. The highest BCUT2D eigenvalue weighted by Gasteiger charge is 2.38. The van der Waals surface area contributed by atoms with Crippen LogP contribution in [0.2, 0.25) is 0 Å². The number of hydrogen-bond donors (Lipinski definition) is 0. The second-order valence-electron chi connectivity index (χ2n) is 3.60. The SMILES string of the molecule is CN(C)C(=O)CN1CCC(F)(F)C1. The standard InChI is InChI=1S/C8H14F2N2O/c1-11(2)7(13)5-12-4-3-8(9,10)6-12/h3-6H2,1-2H3. The molecule has 0 aromatic rings. The lowest BCUT2D eigenvalue weighted by molar-refractivity contribution is -0.129. The molecule has 1 saturated heterocycles. The van der Waals surface area contributed by atoms with Crippen molar-refractivity contribution in [1.82, 2.24) is 9.80 Å². The molecule has 0 N–H and O–H groups in total. The van der Waals surface area contributed by atoms with Gasteiger partial charge in [0.25, 0.3) is 5.92 Å². The Kier molecular flexibility index (Phi) is 2.85. The molecule has 0 atom stereocenters. The van der Waals surface area contributed by atoms with Crippen molar-refractivity contribution in [2.45, 2.75) is 12.3 Å². The monoisotopic (exact) mass is 192 g/mol. The van der Waals surface area contributed by atoms with E-state index in [9.17, 15) is 13.6 Å². The van der Waals surface area contributed by atoms with Crippen molar-refractivity contribution in [3.8, 4) is 0 Å². The molecule has 0 aromatic carbocycles. The number of hydrogen-bond acceptors (Lipinski definition) is 2. The summed E-state index contributed by atoms with van der Waals surface area (Å²) in [5.41, 5.74) is 0. The predicted molar refractivity (Wildman–Crippen MR) is 44.7 cm³/mol. The van der Waals surface area contributed by atoms with Crippen LogP contribution in [-0.4, -0.2) is 55.4 Å². The number of amides is 1. The Hall–Kier alpha value is -0.710. The zero-order valence-electron chi connectivity index (χ0n) is 7.89. The lowest BCUT2D eigenvalue weighted by atomic mass is 10.3. The first-order valence-electron chi connectivity index (χ1n) is 4.21. The molecule has 1 aliphatic rings. The van der Waals surface area contributed by atoms with Crippen LogP contribution < -0.4 is 0 Å². The van der Waals surface area contributed by atoms with Gasteiger partial charge in [0.05, 0.1) is 13.1 Å². The van der Waals surface area contributed by atoms with E-state index < -0.39 is 5.92 Å². The molecule has 13 heavy (non-hydrogen) atoms. The maximum atomic E-state index is 12.7. The van der Waals surface area contributed by atoms with Crippen molar-refractivity contribution in [3.05, 3.63) is 0 Å². The van der Waals surface area contributed by atoms with Gasteiger partial charge in [-0.2, -0.15) is 0 Å². The second kappa shape index (κ2) is 3.57. The first-order chi connectivity index (χ1) is 5.91. The zero-order valence-corrected chi connectivity index (χ0v) is 7.89. The van der Waals surface area contributed by atoms with Crippen molar-refractivity contribution in [3.63, 3.8) is 0 Å². The summed E-state index contributed by atoms with van der Waals surface area (Å²) in [5, 5.41) is 0. The van der Waals surface area contributed by atoms with Gasteiger partial charge in [-0.3, -0.25) is 9.69 Å². The van der Waals surface area contributed by atoms with E-state index in [2.05, 4.69) is 0 Å². The summed E-state index contributed by atoms with van der Waals surface area (Å²) in [6.45, 7) is 0.127. The van der Waals surface area contributed by atoms with Crippen molar-refractivity contribution in [2.24, 2.45) is 0 Å². The minimum Gasteiger partial charge on any atom is -0.348 e. The number of carbonyl (C=O) groups excluding carboxylic acids is 1. The second-order valence-corrected chi connectivity index (χ2v) is 3.60. The molecular weight excluding hydrogens is 178 g/mol. The summed E-state index contributed by atoms with van der Waals surface area (Å²) >= 11 is 0. The molecule has 5 heteroatoms. The van der Waals surface area contributed by atoms with E-state index in [1.54, 1.807) is 14.1 Å². The van der Waals surface area contributed by atoms with Crippen LogP contribution in [0.3, 0.4) is 0 Å². The lowest BCUT2D eigenvalue weighted by Gasteiger charge is -2.17. The summed E-state index contributed by atoms with van der Waals surface area (Å²) in [5.74, 6) is -2.73. The molecule has 0 spiro atoms. The van der Waals surface area contributed by atoms with Crippen LogP contribution in [0.5, 0.6) is 0 Å². The molecule has 1 fully saturated rings. The van der Waals surface area contributed by atoms with E-state index in [1.807, 2.05) is 0 Å². The molecular formula is C8H14F2N2O. The van der Waals surface area contributed by atoms with Crippen LogP contribution in [0, 0.1) is 0 Å². The minimum absolute atomic E-state index is 0.0998. The van der Waals surface area contributed by atoms with E-state index in [0.29, 0.717) is 6.54 Å². The topological polar surface area (TPSA) is 23.6 Å². The Balaban J connectivity index is 2.37. The average molecular weight is 192 g/mol. The van der Waals surface area contributed by atoms with Gasteiger partial charge in [0.1, 0.15) is 0 Å². The van der Waals surface area contributed by atoms with Crippen LogP contribution in [0.4, 0.5) is 8.78 Å². The molecule has 1 amide bonds. The molecule has 76 valence electrons. The highest BCUT2D eigenvalue weighted by atomic mass is 19.3. The largest absolute Gasteiger partial charge is 0.348 e. The Labute approximate surface area is 76.3 Å². The Morgan fingerprint density at radius 3 is 2.54 bits per heavy atom. The third kappa shape index (κ3) is 2.91. The number of carbonyl (C=O) groups is 1. The molecule has 3 nitrogen and oxygen atoms in total. The first-order valence-corrected chi connectivity index (χ1v) is 4.21. The molecule has 0 aliphatic carbocycles. The molecule has 1 heterocycles. The molecule has 1 rings (SSSR count). The summed E-state index contributed by atoms with van der Waals surface area (Å²) in [7, 11) is 3.24. The number of rotatable bonds is 2. The highest BCUT2D eigenvalue weighted by Crippen LogP contribution is 2.26. The smallest absolute Gasteiger partial charge is 0.261 e. The fourth-order valence-corrected chi connectivity index (χ4v) is 1.27. The van der Waals surface area contributed by atoms with Gasteiger partial charge in [-0.25, -0.2) is 8.78 Å². The van der Waals surface area contributed by atoms with E-state index in [4.69, 9.17) is 0 Å². The van der Waals surface area contributed by atoms with Crippen LogP contribution in [0.25, 0.3) is 0 Å². The fourth-order valence-electron chi connectivity index (χ4n) is 1.27. The van der Waals surface area contributed by atoms with Gasteiger partial charge in [-0.15, -0.1) is 0 Å². The van der Waals surface area contributed by atoms with E-state index in [0.717, 1.165) is 0 Å². The van der Waals surface area contributed by atoms with E-state index in [-0.39, 0.29) is 25.4 Å². The Morgan fingerprint density at radius 1 is 1.54 bits per heavy atom.